The highest BCUT2D eigenvalue weighted by molar-refractivity contribution is 9.10. The molecule has 2 rings (SSSR count). The van der Waals surface area contributed by atoms with Crippen molar-refractivity contribution < 1.29 is 0 Å². The smallest absolute Gasteiger partial charge is 0.161 e. The number of hydrogen-bond acceptors (Lipinski definition) is 3. The number of aromatic nitrogens is 4. The molecule has 0 saturated carbocycles. The van der Waals surface area contributed by atoms with Crippen LogP contribution in [0.4, 0.5) is 0 Å². The van der Waals surface area contributed by atoms with E-state index < -0.39 is 0 Å². The van der Waals surface area contributed by atoms with Crippen LogP contribution in [-0.4, -0.2) is 19.7 Å². The molecule has 2 aromatic heterocycles. The van der Waals surface area contributed by atoms with Gasteiger partial charge in [-0.25, -0.2) is 14.6 Å². The lowest BCUT2D eigenvalue weighted by Crippen LogP contribution is -2.08. The Bertz CT molecular complexity index is 550. The SMILES string of the molecule is Cc1c(Cl)nc(C(C)C)nc1-n1cc(Br)cn1. The first kappa shape index (κ1) is 12.5. The molecule has 0 aliphatic heterocycles. The van der Waals surface area contributed by atoms with Crippen LogP contribution in [0.3, 0.4) is 0 Å². The maximum absolute atomic E-state index is 6.12. The second-order valence-corrected chi connectivity index (χ2v) is 5.35. The van der Waals surface area contributed by atoms with Crippen LogP contribution in [0.2, 0.25) is 5.15 Å². The number of halogens is 2. The zero-order valence-corrected chi connectivity index (χ0v) is 12.1. The van der Waals surface area contributed by atoms with Crippen molar-refractivity contribution in [2.75, 3.05) is 0 Å². The van der Waals surface area contributed by atoms with Crippen LogP contribution in [0.1, 0.15) is 31.2 Å². The van der Waals surface area contributed by atoms with Gasteiger partial charge >= 0.3 is 0 Å². The standard InChI is InChI=1S/C11H12BrClN4/c1-6(2)10-15-9(13)7(3)11(16-10)17-5-8(12)4-14-17/h4-6H,1-3H3. The van der Waals surface area contributed by atoms with Crippen LogP contribution >= 0.6 is 27.5 Å². The minimum Gasteiger partial charge on any atom is -0.221 e. The topological polar surface area (TPSA) is 43.6 Å². The molecule has 2 heterocycles. The van der Waals surface area contributed by atoms with Gasteiger partial charge in [0.15, 0.2) is 5.82 Å². The van der Waals surface area contributed by atoms with Gasteiger partial charge in [-0.05, 0) is 22.9 Å². The first-order valence-electron chi connectivity index (χ1n) is 5.23. The van der Waals surface area contributed by atoms with Crippen LogP contribution in [0.5, 0.6) is 0 Å². The van der Waals surface area contributed by atoms with Gasteiger partial charge in [0.2, 0.25) is 0 Å². The van der Waals surface area contributed by atoms with E-state index >= 15 is 0 Å². The lowest BCUT2D eigenvalue weighted by molar-refractivity contribution is 0.740. The fourth-order valence-electron chi connectivity index (χ4n) is 1.39. The lowest BCUT2D eigenvalue weighted by Gasteiger charge is -2.10. The van der Waals surface area contributed by atoms with Crippen LogP contribution < -0.4 is 0 Å². The van der Waals surface area contributed by atoms with Crippen LogP contribution in [0, 0.1) is 6.92 Å². The first-order valence-corrected chi connectivity index (χ1v) is 6.40. The van der Waals surface area contributed by atoms with Gasteiger partial charge in [-0.15, -0.1) is 0 Å². The fourth-order valence-corrected chi connectivity index (χ4v) is 1.85. The average Bonchev–Trinajstić information content (AvgIpc) is 2.68. The van der Waals surface area contributed by atoms with Gasteiger partial charge in [0, 0.05) is 17.7 Å². The maximum atomic E-state index is 6.12. The third-order valence-corrected chi connectivity index (χ3v) is 3.14. The molecular formula is C11H12BrClN4. The summed E-state index contributed by atoms with van der Waals surface area (Å²) in [5.74, 6) is 1.67. The molecule has 0 fully saturated rings. The van der Waals surface area contributed by atoms with Crippen molar-refractivity contribution in [2.45, 2.75) is 26.7 Å². The molecule has 0 N–H and O–H groups in total. The zero-order valence-electron chi connectivity index (χ0n) is 9.78. The van der Waals surface area contributed by atoms with Crippen LogP contribution in [0.25, 0.3) is 5.82 Å². The molecule has 0 aliphatic rings. The highest BCUT2D eigenvalue weighted by Gasteiger charge is 2.13. The van der Waals surface area contributed by atoms with Gasteiger partial charge in [-0.3, -0.25) is 0 Å². The molecule has 0 saturated heterocycles. The predicted octanol–water partition coefficient (Wildman–Crippen LogP) is 3.51. The summed E-state index contributed by atoms with van der Waals surface area (Å²) < 4.78 is 2.59. The molecule has 0 radical (unpaired) electrons. The third-order valence-electron chi connectivity index (χ3n) is 2.36. The third kappa shape index (κ3) is 2.50. The molecule has 0 amide bonds. The normalized spacial score (nSPS) is 11.2. The van der Waals surface area contributed by atoms with E-state index in [0.29, 0.717) is 5.15 Å². The summed E-state index contributed by atoms with van der Waals surface area (Å²) >= 11 is 9.48. The second kappa shape index (κ2) is 4.74. The van der Waals surface area contributed by atoms with Gasteiger partial charge in [0.1, 0.15) is 11.0 Å². The Morgan fingerprint density at radius 3 is 2.59 bits per heavy atom. The fraction of sp³-hybridized carbons (Fsp3) is 0.364. The van der Waals surface area contributed by atoms with E-state index in [0.717, 1.165) is 21.7 Å². The molecule has 2 aromatic rings. The van der Waals surface area contributed by atoms with Gasteiger partial charge < -0.3 is 0 Å². The molecule has 90 valence electrons. The van der Waals surface area contributed by atoms with Crippen molar-refractivity contribution in [3.05, 3.63) is 33.4 Å². The number of nitrogens with zero attached hydrogens (tertiary/aromatic N) is 4. The Morgan fingerprint density at radius 1 is 1.35 bits per heavy atom. The Labute approximate surface area is 113 Å². The summed E-state index contributed by atoms with van der Waals surface area (Å²) in [5.41, 5.74) is 0.826. The van der Waals surface area contributed by atoms with Crippen LogP contribution in [0.15, 0.2) is 16.9 Å². The monoisotopic (exact) mass is 314 g/mol. The van der Waals surface area contributed by atoms with E-state index in [-0.39, 0.29) is 5.92 Å². The van der Waals surface area contributed by atoms with Gasteiger partial charge in [0.05, 0.1) is 10.7 Å². The summed E-state index contributed by atoms with van der Waals surface area (Å²) in [4.78, 5) is 8.77. The molecule has 4 nitrogen and oxygen atoms in total. The van der Waals surface area contributed by atoms with E-state index in [9.17, 15) is 0 Å². The summed E-state index contributed by atoms with van der Waals surface area (Å²) in [6, 6.07) is 0. The molecule has 0 atom stereocenters. The van der Waals surface area contributed by atoms with Crippen molar-refractivity contribution in [3.63, 3.8) is 0 Å². The molecule has 0 spiro atoms. The average molecular weight is 316 g/mol. The number of rotatable bonds is 2. The van der Waals surface area contributed by atoms with Crippen molar-refractivity contribution in [1.29, 1.82) is 0 Å². The maximum Gasteiger partial charge on any atom is 0.161 e. The first-order chi connectivity index (χ1) is 7.99. The molecule has 17 heavy (non-hydrogen) atoms. The lowest BCUT2D eigenvalue weighted by atomic mass is 10.2. The Kier molecular flexibility index (Phi) is 3.49. The molecule has 0 aromatic carbocycles. The minimum atomic E-state index is 0.228. The molecule has 0 unspecified atom stereocenters. The minimum absolute atomic E-state index is 0.228. The van der Waals surface area contributed by atoms with Crippen molar-refractivity contribution in [1.82, 2.24) is 19.7 Å². The Morgan fingerprint density at radius 2 is 2.06 bits per heavy atom. The van der Waals surface area contributed by atoms with E-state index in [1.165, 1.54) is 0 Å². The Balaban J connectivity index is 2.60. The Hall–Kier alpha value is -0.940. The van der Waals surface area contributed by atoms with Gasteiger partial charge in [-0.1, -0.05) is 25.4 Å². The second-order valence-electron chi connectivity index (χ2n) is 4.08. The van der Waals surface area contributed by atoms with E-state index in [1.807, 2.05) is 27.0 Å². The molecule has 0 aliphatic carbocycles. The number of hydrogen-bond donors (Lipinski definition) is 0. The van der Waals surface area contributed by atoms with Crippen LogP contribution in [-0.2, 0) is 0 Å². The molecule has 0 bridgehead atoms. The summed E-state index contributed by atoms with van der Waals surface area (Å²) in [6.45, 7) is 5.95. The summed E-state index contributed by atoms with van der Waals surface area (Å²) in [7, 11) is 0. The quantitative estimate of drug-likeness (QED) is 0.797. The van der Waals surface area contributed by atoms with Crippen molar-refractivity contribution in [3.8, 4) is 5.82 Å². The highest BCUT2D eigenvalue weighted by Crippen LogP contribution is 2.22. The molecule has 6 heteroatoms. The highest BCUT2D eigenvalue weighted by atomic mass is 79.9. The van der Waals surface area contributed by atoms with Crippen molar-refractivity contribution >= 4 is 27.5 Å². The summed E-state index contributed by atoms with van der Waals surface area (Å²) in [6.07, 6.45) is 3.56. The van der Waals surface area contributed by atoms with Gasteiger partial charge in [-0.2, -0.15) is 5.10 Å². The molecular weight excluding hydrogens is 304 g/mol. The summed E-state index contributed by atoms with van der Waals surface area (Å²) in [5, 5.41) is 4.69. The largest absolute Gasteiger partial charge is 0.221 e. The van der Waals surface area contributed by atoms with E-state index in [4.69, 9.17) is 11.6 Å². The van der Waals surface area contributed by atoms with Gasteiger partial charge in [0.25, 0.3) is 0 Å². The zero-order chi connectivity index (χ0) is 12.6. The van der Waals surface area contributed by atoms with E-state index in [1.54, 1.807) is 10.9 Å². The van der Waals surface area contributed by atoms with Crippen molar-refractivity contribution in [2.24, 2.45) is 0 Å². The van der Waals surface area contributed by atoms with E-state index in [2.05, 4.69) is 31.0 Å². The predicted molar refractivity (Wildman–Crippen MR) is 70.7 cm³/mol.